The topological polar surface area (TPSA) is 78.4 Å². The molecule has 0 aliphatic rings. The van der Waals surface area contributed by atoms with E-state index < -0.39 is 12.0 Å². The first-order valence-electron chi connectivity index (χ1n) is 4.45. The highest BCUT2D eigenvalue weighted by atomic mass is 16.4. The number of carbonyl (C=O) groups is 2. The van der Waals surface area contributed by atoms with Crippen LogP contribution < -0.4 is 10.6 Å². The molecule has 0 aliphatic heterocycles. The van der Waals surface area contributed by atoms with Crippen molar-refractivity contribution in [2.24, 2.45) is 0 Å². The Morgan fingerprint density at radius 2 is 2.06 bits per heavy atom. The lowest BCUT2D eigenvalue weighted by atomic mass is 10.2. The number of benzene rings is 1. The normalized spacial score (nSPS) is 8.94. The molecule has 0 heterocycles. The molecule has 2 amide bonds. The van der Waals surface area contributed by atoms with Gasteiger partial charge in [0.05, 0.1) is 17.8 Å². The van der Waals surface area contributed by atoms with E-state index in [1.54, 1.807) is 12.1 Å². The molecule has 82 valence electrons. The summed E-state index contributed by atoms with van der Waals surface area (Å²) in [4.78, 5) is 22.0. The second kappa shape index (κ2) is 5.41. The van der Waals surface area contributed by atoms with Crippen molar-refractivity contribution in [2.45, 2.75) is 0 Å². The Hall–Kier alpha value is -2.48. The average molecular weight is 218 g/mol. The molecular weight excluding hydrogens is 208 g/mol. The largest absolute Gasteiger partial charge is 0.478 e. The summed E-state index contributed by atoms with van der Waals surface area (Å²) in [5, 5.41) is 13.6. The molecule has 5 heteroatoms. The minimum absolute atomic E-state index is 0.0263. The Kier molecular flexibility index (Phi) is 3.92. The molecule has 0 saturated carbocycles. The summed E-state index contributed by atoms with van der Waals surface area (Å²) in [5.41, 5.74) is 0.253. The maximum absolute atomic E-state index is 11.2. The molecule has 0 spiro atoms. The highest BCUT2D eigenvalue weighted by Crippen LogP contribution is 2.14. The fourth-order valence-electron chi connectivity index (χ4n) is 1.08. The molecule has 0 fully saturated rings. The number of hydrogen-bond acceptors (Lipinski definition) is 2. The second-order valence-electron chi connectivity index (χ2n) is 2.86. The van der Waals surface area contributed by atoms with Crippen LogP contribution in [0.15, 0.2) is 24.3 Å². The zero-order chi connectivity index (χ0) is 12.0. The van der Waals surface area contributed by atoms with E-state index in [-0.39, 0.29) is 17.8 Å². The van der Waals surface area contributed by atoms with Gasteiger partial charge < -0.3 is 15.7 Å². The van der Waals surface area contributed by atoms with Crippen molar-refractivity contribution in [3.8, 4) is 12.3 Å². The number of aromatic carboxylic acids is 1. The fourth-order valence-corrected chi connectivity index (χ4v) is 1.08. The SMILES string of the molecule is C#CCNC(=O)Nc1ccccc1C(=O)O. The van der Waals surface area contributed by atoms with Crippen LogP contribution in [0.2, 0.25) is 0 Å². The quantitative estimate of drug-likeness (QED) is 0.665. The lowest BCUT2D eigenvalue weighted by molar-refractivity contribution is 0.0698. The Balaban J connectivity index is 2.77. The van der Waals surface area contributed by atoms with E-state index in [1.807, 2.05) is 0 Å². The number of carboxylic acid groups (broad SMARTS) is 1. The summed E-state index contributed by atoms with van der Waals surface area (Å²) in [6, 6.07) is 5.57. The lowest BCUT2D eigenvalue weighted by Crippen LogP contribution is -2.29. The molecule has 0 saturated heterocycles. The van der Waals surface area contributed by atoms with Crippen LogP contribution in [0.5, 0.6) is 0 Å². The van der Waals surface area contributed by atoms with E-state index in [0.717, 1.165) is 0 Å². The Labute approximate surface area is 92.5 Å². The maximum Gasteiger partial charge on any atom is 0.337 e. The van der Waals surface area contributed by atoms with Crippen molar-refractivity contribution in [1.29, 1.82) is 0 Å². The van der Waals surface area contributed by atoms with E-state index in [1.165, 1.54) is 12.1 Å². The van der Waals surface area contributed by atoms with Crippen LogP contribution in [0.3, 0.4) is 0 Å². The highest BCUT2D eigenvalue weighted by molar-refractivity contribution is 5.99. The van der Waals surface area contributed by atoms with E-state index >= 15 is 0 Å². The molecule has 0 unspecified atom stereocenters. The van der Waals surface area contributed by atoms with Crippen LogP contribution in [-0.2, 0) is 0 Å². The zero-order valence-corrected chi connectivity index (χ0v) is 8.36. The molecule has 0 aromatic heterocycles. The Morgan fingerprint density at radius 3 is 2.69 bits per heavy atom. The first kappa shape index (κ1) is 11.6. The van der Waals surface area contributed by atoms with E-state index in [0.29, 0.717) is 0 Å². The van der Waals surface area contributed by atoms with Crippen molar-refractivity contribution < 1.29 is 14.7 Å². The first-order chi connectivity index (χ1) is 7.65. The monoisotopic (exact) mass is 218 g/mol. The summed E-state index contributed by atoms with van der Waals surface area (Å²) >= 11 is 0. The van der Waals surface area contributed by atoms with Gasteiger partial charge in [0.1, 0.15) is 0 Å². The fraction of sp³-hybridized carbons (Fsp3) is 0.0909. The third-order valence-corrected chi connectivity index (χ3v) is 1.76. The summed E-state index contributed by atoms with van der Waals surface area (Å²) in [6.45, 7) is 0.0844. The number of nitrogens with one attached hydrogen (secondary N) is 2. The molecule has 0 bridgehead atoms. The summed E-state index contributed by atoms with van der Waals surface area (Å²) < 4.78 is 0. The lowest BCUT2D eigenvalue weighted by Gasteiger charge is -2.07. The van der Waals surface area contributed by atoms with E-state index in [4.69, 9.17) is 11.5 Å². The third-order valence-electron chi connectivity index (χ3n) is 1.76. The van der Waals surface area contributed by atoms with Crippen molar-refractivity contribution in [2.75, 3.05) is 11.9 Å². The smallest absolute Gasteiger partial charge is 0.337 e. The van der Waals surface area contributed by atoms with Gasteiger partial charge in [-0.05, 0) is 12.1 Å². The van der Waals surface area contributed by atoms with Gasteiger partial charge in [-0.3, -0.25) is 0 Å². The number of anilines is 1. The van der Waals surface area contributed by atoms with Crippen LogP contribution in [0.25, 0.3) is 0 Å². The van der Waals surface area contributed by atoms with E-state index in [2.05, 4.69) is 16.6 Å². The van der Waals surface area contributed by atoms with Gasteiger partial charge in [-0.1, -0.05) is 18.1 Å². The van der Waals surface area contributed by atoms with Crippen LogP contribution in [0.1, 0.15) is 10.4 Å². The van der Waals surface area contributed by atoms with Crippen LogP contribution in [0, 0.1) is 12.3 Å². The summed E-state index contributed by atoms with van der Waals surface area (Å²) in [7, 11) is 0. The van der Waals surface area contributed by atoms with Crippen LogP contribution in [0.4, 0.5) is 10.5 Å². The standard InChI is InChI=1S/C11H10N2O3/c1-2-7-12-11(16)13-9-6-4-3-5-8(9)10(14)15/h1,3-6H,7H2,(H,14,15)(H2,12,13,16). The zero-order valence-electron chi connectivity index (χ0n) is 8.36. The van der Waals surface area contributed by atoms with Crippen LogP contribution in [-0.4, -0.2) is 23.7 Å². The molecule has 0 radical (unpaired) electrons. The van der Waals surface area contributed by atoms with Crippen LogP contribution >= 0.6 is 0 Å². The second-order valence-corrected chi connectivity index (χ2v) is 2.86. The minimum Gasteiger partial charge on any atom is -0.478 e. The molecule has 0 atom stereocenters. The highest BCUT2D eigenvalue weighted by Gasteiger charge is 2.10. The Morgan fingerprint density at radius 1 is 1.38 bits per heavy atom. The first-order valence-corrected chi connectivity index (χ1v) is 4.45. The van der Waals surface area contributed by atoms with Gasteiger partial charge in [0, 0.05) is 0 Å². The maximum atomic E-state index is 11.2. The van der Waals surface area contributed by atoms with Gasteiger partial charge in [0.2, 0.25) is 0 Å². The van der Waals surface area contributed by atoms with Gasteiger partial charge in [0.25, 0.3) is 0 Å². The molecule has 3 N–H and O–H groups in total. The van der Waals surface area contributed by atoms with Gasteiger partial charge in [0.15, 0.2) is 0 Å². The number of rotatable bonds is 3. The number of terminal acetylenes is 1. The van der Waals surface area contributed by atoms with Gasteiger partial charge in [-0.15, -0.1) is 6.42 Å². The third kappa shape index (κ3) is 3.03. The molecule has 1 aromatic carbocycles. The summed E-state index contributed by atoms with van der Waals surface area (Å²) in [5.74, 6) is 1.13. The number of hydrogen-bond donors (Lipinski definition) is 3. The number of urea groups is 1. The average Bonchev–Trinajstić information content (AvgIpc) is 2.27. The minimum atomic E-state index is -1.10. The van der Waals surface area contributed by atoms with Gasteiger partial charge >= 0.3 is 12.0 Å². The molecule has 1 rings (SSSR count). The van der Waals surface area contributed by atoms with Gasteiger partial charge in [-0.2, -0.15) is 0 Å². The van der Waals surface area contributed by atoms with Crippen molar-refractivity contribution >= 4 is 17.7 Å². The Bertz CT molecular complexity index is 449. The van der Waals surface area contributed by atoms with Crippen molar-refractivity contribution in [3.05, 3.63) is 29.8 Å². The van der Waals surface area contributed by atoms with Crippen molar-refractivity contribution in [1.82, 2.24) is 5.32 Å². The molecule has 0 aliphatic carbocycles. The molecular formula is C11H10N2O3. The predicted octanol–water partition coefficient (Wildman–Crippen LogP) is 1.14. The molecule has 1 aromatic rings. The number of carbonyl (C=O) groups excluding carboxylic acids is 1. The predicted molar refractivity (Wildman–Crippen MR) is 59.3 cm³/mol. The van der Waals surface area contributed by atoms with Gasteiger partial charge in [-0.25, -0.2) is 9.59 Å². The molecule has 5 nitrogen and oxygen atoms in total. The molecule has 16 heavy (non-hydrogen) atoms. The number of amides is 2. The number of para-hydroxylation sites is 1. The van der Waals surface area contributed by atoms with Crippen molar-refractivity contribution in [3.63, 3.8) is 0 Å². The number of carboxylic acids is 1. The van der Waals surface area contributed by atoms with E-state index in [9.17, 15) is 9.59 Å². The summed E-state index contributed by atoms with van der Waals surface area (Å²) in [6.07, 6.45) is 4.96.